The van der Waals surface area contributed by atoms with Gasteiger partial charge in [-0.3, -0.25) is 5.21 Å². The summed E-state index contributed by atoms with van der Waals surface area (Å²) >= 11 is 0. The highest BCUT2D eigenvalue weighted by atomic mass is 16.8. The first-order valence-electron chi connectivity index (χ1n) is 3.87. The van der Waals surface area contributed by atoms with E-state index in [0.717, 1.165) is 5.56 Å². The molecular weight excluding hydrogens is 184 g/mol. The molecule has 76 valence electrons. The topological polar surface area (TPSA) is 111 Å². The zero-order chi connectivity index (χ0) is 10.7. The quantitative estimate of drug-likeness (QED) is 0.363. The van der Waals surface area contributed by atoms with E-state index in [0.29, 0.717) is 0 Å². The summed E-state index contributed by atoms with van der Waals surface area (Å²) in [6.07, 6.45) is 0. The summed E-state index contributed by atoms with van der Waals surface area (Å²) in [6.45, 7) is 1.78. The predicted molar refractivity (Wildman–Crippen MR) is 54.3 cm³/mol. The van der Waals surface area contributed by atoms with Gasteiger partial charge in [0.1, 0.15) is 0 Å². The minimum Gasteiger partial charge on any atom is -0.733 e. The van der Waals surface area contributed by atoms with E-state index in [4.69, 9.17) is 16.7 Å². The normalized spacial score (nSPS) is 9.64. The number of aryl methyl sites for hydroxylation is 1. The molecule has 0 amide bonds. The molecule has 0 aromatic heterocycles. The van der Waals surface area contributed by atoms with Gasteiger partial charge >= 0.3 is 0 Å². The lowest BCUT2D eigenvalue weighted by molar-refractivity contribution is 0.297. The average Bonchev–Trinajstić information content (AvgIpc) is 2.07. The van der Waals surface area contributed by atoms with Crippen molar-refractivity contribution in [1.82, 2.24) is 0 Å². The maximum Gasteiger partial charge on any atom is 0.191 e. The highest BCUT2D eigenvalue weighted by Gasteiger charge is 2.02. The summed E-state index contributed by atoms with van der Waals surface area (Å²) in [6, 6.07) is 4.76. The van der Waals surface area contributed by atoms with E-state index in [1.165, 1.54) is 6.07 Å². The fourth-order valence-corrected chi connectivity index (χ4v) is 1.02. The van der Waals surface area contributed by atoms with Crippen LogP contribution in [0, 0.1) is 12.1 Å². The molecule has 0 spiro atoms. The Kier molecular flexibility index (Phi) is 2.90. The van der Waals surface area contributed by atoms with Crippen LogP contribution in [-0.4, -0.2) is 11.2 Å². The van der Waals surface area contributed by atoms with E-state index in [2.05, 4.69) is 4.99 Å². The number of anilines is 1. The van der Waals surface area contributed by atoms with Crippen LogP contribution >= 0.6 is 0 Å². The van der Waals surface area contributed by atoms with Gasteiger partial charge in [-0.2, -0.15) is 0 Å². The van der Waals surface area contributed by atoms with Crippen LogP contribution in [0.2, 0.25) is 0 Å². The molecule has 0 aliphatic carbocycles. The number of rotatable bonds is 2. The molecule has 0 bridgehead atoms. The first-order chi connectivity index (χ1) is 6.50. The van der Waals surface area contributed by atoms with Gasteiger partial charge in [0.15, 0.2) is 5.96 Å². The smallest absolute Gasteiger partial charge is 0.191 e. The summed E-state index contributed by atoms with van der Waals surface area (Å²) in [7, 11) is 0. The van der Waals surface area contributed by atoms with Gasteiger partial charge in [0.2, 0.25) is 0 Å². The zero-order valence-electron chi connectivity index (χ0n) is 7.64. The van der Waals surface area contributed by atoms with Crippen molar-refractivity contribution < 1.29 is 5.21 Å². The number of guanidine groups is 1. The van der Waals surface area contributed by atoms with E-state index in [9.17, 15) is 5.21 Å². The number of nitrogens with zero attached hydrogens (tertiary/aromatic N) is 2. The number of aliphatic imine (C=N–C) groups is 1. The standard InChI is InChI=1S/C8H11N4O2/c1-5-2-3-6(11-8(9)10)7(4-5)12(13)14/h2-4,13H,1H3,(H4,9,10,11)/q-1. The lowest BCUT2D eigenvalue weighted by Gasteiger charge is -2.23. The van der Waals surface area contributed by atoms with Crippen molar-refractivity contribution >= 4 is 17.3 Å². The third kappa shape index (κ3) is 2.35. The molecule has 0 radical (unpaired) electrons. The van der Waals surface area contributed by atoms with E-state index >= 15 is 0 Å². The minimum atomic E-state index is -0.269. The largest absolute Gasteiger partial charge is 0.733 e. The van der Waals surface area contributed by atoms with Crippen molar-refractivity contribution in [3.8, 4) is 0 Å². The molecule has 0 atom stereocenters. The Hall–Kier alpha value is -1.79. The van der Waals surface area contributed by atoms with Crippen molar-refractivity contribution in [1.29, 1.82) is 0 Å². The van der Waals surface area contributed by atoms with Crippen LogP contribution in [0.25, 0.3) is 0 Å². The fraction of sp³-hybridized carbons (Fsp3) is 0.125. The average molecular weight is 195 g/mol. The van der Waals surface area contributed by atoms with Crippen LogP contribution in [0.4, 0.5) is 11.4 Å². The van der Waals surface area contributed by atoms with Crippen molar-refractivity contribution in [2.75, 3.05) is 5.23 Å². The Morgan fingerprint density at radius 2 is 2.14 bits per heavy atom. The summed E-state index contributed by atoms with van der Waals surface area (Å²) in [5.41, 5.74) is 11.4. The molecule has 1 rings (SSSR count). The highest BCUT2D eigenvalue weighted by Crippen LogP contribution is 2.28. The second kappa shape index (κ2) is 3.95. The third-order valence-corrected chi connectivity index (χ3v) is 1.59. The molecule has 5 N–H and O–H groups in total. The zero-order valence-corrected chi connectivity index (χ0v) is 7.64. The summed E-state index contributed by atoms with van der Waals surface area (Å²) < 4.78 is 0. The Bertz CT molecular complexity index is 358. The van der Waals surface area contributed by atoms with Crippen molar-refractivity contribution in [3.05, 3.63) is 29.0 Å². The lowest BCUT2D eigenvalue weighted by Crippen LogP contribution is -2.22. The van der Waals surface area contributed by atoms with Crippen LogP contribution in [0.15, 0.2) is 23.2 Å². The molecule has 0 aliphatic rings. The molecule has 0 saturated carbocycles. The van der Waals surface area contributed by atoms with Gasteiger partial charge in [-0.1, -0.05) is 6.07 Å². The molecule has 0 fully saturated rings. The molecular formula is C8H11N4O2-. The first kappa shape index (κ1) is 10.3. The fourth-order valence-electron chi connectivity index (χ4n) is 1.02. The highest BCUT2D eigenvalue weighted by molar-refractivity contribution is 5.82. The van der Waals surface area contributed by atoms with E-state index in [1.54, 1.807) is 19.1 Å². The van der Waals surface area contributed by atoms with Gasteiger partial charge in [0, 0.05) is 0 Å². The molecule has 6 heteroatoms. The van der Waals surface area contributed by atoms with E-state index in [-0.39, 0.29) is 22.6 Å². The van der Waals surface area contributed by atoms with Gasteiger partial charge < -0.3 is 21.9 Å². The first-order valence-corrected chi connectivity index (χ1v) is 3.87. The SMILES string of the molecule is Cc1ccc(N=C(N)N)c(N([O-])O)c1. The predicted octanol–water partition coefficient (Wildman–Crippen LogP) is 0.593. The Labute approximate surface area is 81.0 Å². The molecule has 0 aliphatic heterocycles. The van der Waals surface area contributed by atoms with Crippen molar-refractivity contribution in [3.63, 3.8) is 0 Å². The number of nitrogens with two attached hydrogens (primary N) is 2. The summed E-state index contributed by atoms with van der Waals surface area (Å²) in [5, 5.41) is 19.2. The van der Waals surface area contributed by atoms with Crippen LogP contribution in [0.5, 0.6) is 0 Å². The molecule has 0 unspecified atom stereocenters. The molecule has 0 heterocycles. The van der Waals surface area contributed by atoms with Gasteiger partial charge in [0.25, 0.3) is 0 Å². The Balaban J connectivity index is 3.22. The van der Waals surface area contributed by atoms with Crippen LogP contribution < -0.4 is 16.7 Å². The number of benzene rings is 1. The molecule has 1 aromatic carbocycles. The molecule has 1 aromatic rings. The maximum absolute atomic E-state index is 10.7. The number of hydrogen-bond acceptors (Lipinski definition) is 4. The van der Waals surface area contributed by atoms with Gasteiger partial charge in [-0.25, -0.2) is 4.99 Å². The van der Waals surface area contributed by atoms with Crippen molar-refractivity contribution in [2.45, 2.75) is 6.92 Å². The monoisotopic (exact) mass is 195 g/mol. The molecule has 6 nitrogen and oxygen atoms in total. The summed E-state index contributed by atoms with van der Waals surface area (Å²) in [5.74, 6) is -0.169. The lowest BCUT2D eigenvalue weighted by atomic mass is 10.2. The van der Waals surface area contributed by atoms with E-state index in [1.807, 2.05) is 0 Å². The van der Waals surface area contributed by atoms with Crippen molar-refractivity contribution in [2.24, 2.45) is 16.5 Å². The third-order valence-electron chi connectivity index (χ3n) is 1.59. The molecule has 0 saturated heterocycles. The minimum absolute atomic E-state index is 0.0124. The molecule has 14 heavy (non-hydrogen) atoms. The Morgan fingerprint density at radius 3 is 2.64 bits per heavy atom. The number of hydrogen-bond donors (Lipinski definition) is 3. The second-order valence-electron chi connectivity index (χ2n) is 2.80. The van der Waals surface area contributed by atoms with E-state index < -0.39 is 0 Å². The van der Waals surface area contributed by atoms with Crippen LogP contribution in [-0.2, 0) is 0 Å². The van der Waals surface area contributed by atoms with Gasteiger partial charge in [-0.15, -0.1) is 0 Å². The Morgan fingerprint density at radius 1 is 1.50 bits per heavy atom. The maximum atomic E-state index is 10.7. The second-order valence-corrected chi connectivity index (χ2v) is 2.80. The summed E-state index contributed by atoms with van der Waals surface area (Å²) in [4.78, 5) is 3.69. The van der Waals surface area contributed by atoms with Gasteiger partial charge in [-0.05, 0) is 24.6 Å². The van der Waals surface area contributed by atoms with Crippen LogP contribution in [0.1, 0.15) is 5.56 Å². The van der Waals surface area contributed by atoms with Gasteiger partial charge in [0.05, 0.1) is 11.4 Å². The van der Waals surface area contributed by atoms with Crippen LogP contribution in [0.3, 0.4) is 0 Å².